The summed E-state index contributed by atoms with van der Waals surface area (Å²) in [6, 6.07) is 8.02. The van der Waals surface area contributed by atoms with Gasteiger partial charge in [0.05, 0.1) is 52.9 Å². The number of ether oxygens (including phenoxy) is 5. The molecule has 11 nitrogen and oxygen atoms in total. The minimum Gasteiger partial charge on any atom is -0.504 e. The van der Waals surface area contributed by atoms with Crippen molar-refractivity contribution < 1.29 is 54.3 Å². The number of phenolic OH excluding ortho intramolecular Hbond substituents is 6. The number of epoxide rings is 2. The smallest absolute Gasteiger partial charge is 0.200 e. The Balaban J connectivity index is 0.000000186. The number of para-hydroxylation sites is 2. The van der Waals surface area contributed by atoms with Gasteiger partial charge in [0.15, 0.2) is 34.5 Å². The molecule has 0 aromatic heterocycles. The average Bonchev–Trinajstić information content (AvgIpc) is 3.71. The highest BCUT2D eigenvalue weighted by Gasteiger charge is 2.22. The van der Waals surface area contributed by atoms with Gasteiger partial charge >= 0.3 is 0 Å². The SMILES string of the molecule is C(COCC1CO1)OCCOCC1CO1.Oc1cccc(O)c1O.Oc1cccc(O)c1O. The van der Waals surface area contributed by atoms with Crippen LogP contribution in [0.25, 0.3) is 0 Å². The van der Waals surface area contributed by atoms with Gasteiger partial charge in [-0.15, -0.1) is 0 Å². The van der Waals surface area contributed by atoms with Crippen LogP contribution in [0, 0.1) is 0 Å². The normalized spacial score (nSPS) is 17.8. The Hall–Kier alpha value is -2.96. The highest BCUT2D eigenvalue weighted by molar-refractivity contribution is 5.48. The minimum absolute atomic E-state index is 0.310. The molecule has 2 heterocycles. The van der Waals surface area contributed by atoms with Gasteiger partial charge in [0.1, 0.15) is 12.2 Å². The van der Waals surface area contributed by atoms with E-state index in [2.05, 4.69) is 0 Å². The molecule has 2 fully saturated rings. The molecule has 2 aliphatic rings. The molecule has 0 radical (unpaired) electrons. The van der Waals surface area contributed by atoms with Crippen LogP contribution in [0.2, 0.25) is 0 Å². The zero-order chi connectivity index (χ0) is 24.1. The first-order valence-corrected chi connectivity index (χ1v) is 10.2. The minimum atomic E-state index is -0.475. The summed E-state index contributed by atoms with van der Waals surface area (Å²) in [6.07, 6.45) is 0.679. The fraction of sp³-hybridized carbons (Fsp3) is 0.455. The maximum absolute atomic E-state index is 8.71. The molecule has 6 N–H and O–H groups in total. The molecule has 2 aliphatic heterocycles. The number of aromatic hydroxyl groups is 6. The van der Waals surface area contributed by atoms with Gasteiger partial charge in [0, 0.05) is 0 Å². The van der Waals surface area contributed by atoms with Gasteiger partial charge in [0.2, 0.25) is 0 Å². The molecule has 184 valence electrons. The molecule has 2 unspecified atom stereocenters. The lowest BCUT2D eigenvalue weighted by Gasteiger charge is -2.05. The number of hydrogen-bond acceptors (Lipinski definition) is 11. The van der Waals surface area contributed by atoms with Crippen molar-refractivity contribution in [2.75, 3.05) is 52.9 Å². The van der Waals surface area contributed by atoms with Crippen molar-refractivity contribution in [2.24, 2.45) is 0 Å². The van der Waals surface area contributed by atoms with Crippen LogP contribution in [-0.4, -0.2) is 95.7 Å². The summed E-state index contributed by atoms with van der Waals surface area (Å²) in [5.41, 5.74) is 0. The third-order valence-electron chi connectivity index (χ3n) is 4.14. The Bertz CT molecular complexity index is 714. The Labute approximate surface area is 190 Å². The van der Waals surface area contributed by atoms with Crippen LogP contribution in [-0.2, 0) is 23.7 Å². The van der Waals surface area contributed by atoms with Crippen LogP contribution >= 0.6 is 0 Å². The molecule has 0 amide bonds. The molecule has 33 heavy (non-hydrogen) atoms. The fourth-order valence-electron chi connectivity index (χ4n) is 2.13. The summed E-state index contributed by atoms with van der Waals surface area (Å²) in [6.45, 7) is 5.58. The Kier molecular flexibility index (Phi) is 11.3. The predicted molar refractivity (Wildman–Crippen MR) is 115 cm³/mol. The molecule has 0 aliphatic carbocycles. The largest absolute Gasteiger partial charge is 0.504 e. The van der Waals surface area contributed by atoms with Gasteiger partial charge in [-0.25, -0.2) is 0 Å². The van der Waals surface area contributed by atoms with Crippen LogP contribution in [0.15, 0.2) is 36.4 Å². The van der Waals surface area contributed by atoms with E-state index in [1.807, 2.05) is 0 Å². The van der Waals surface area contributed by atoms with Crippen molar-refractivity contribution in [3.05, 3.63) is 36.4 Å². The zero-order valence-electron chi connectivity index (χ0n) is 18.0. The molecule has 11 heteroatoms. The number of phenols is 6. The Morgan fingerprint density at radius 2 is 0.879 bits per heavy atom. The molecular weight excluding hydrogens is 440 g/mol. The van der Waals surface area contributed by atoms with Crippen molar-refractivity contribution >= 4 is 0 Å². The van der Waals surface area contributed by atoms with E-state index in [1.165, 1.54) is 36.4 Å². The summed E-state index contributed by atoms with van der Waals surface area (Å²) < 4.78 is 25.9. The lowest BCUT2D eigenvalue weighted by Crippen LogP contribution is -2.12. The second-order valence-corrected chi connectivity index (χ2v) is 6.96. The third kappa shape index (κ3) is 11.5. The summed E-state index contributed by atoms with van der Waals surface area (Å²) in [5.74, 6) is -2.19. The van der Waals surface area contributed by atoms with Crippen LogP contribution in [0.5, 0.6) is 34.5 Å². The van der Waals surface area contributed by atoms with E-state index >= 15 is 0 Å². The highest BCUT2D eigenvalue weighted by atomic mass is 16.6. The molecule has 2 atom stereocenters. The highest BCUT2D eigenvalue weighted by Crippen LogP contribution is 2.33. The number of rotatable bonds is 10. The van der Waals surface area contributed by atoms with E-state index in [1.54, 1.807) is 0 Å². The van der Waals surface area contributed by atoms with Gasteiger partial charge < -0.3 is 54.3 Å². The monoisotopic (exact) mass is 470 g/mol. The molecule has 2 aromatic carbocycles. The summed E-state index contributed by atoms with van der Waals surface area (Å²) in [7, 11) is 0. The topological polar surface area (TPSA) is 174 Å². The lowest BCUT2D eigenvalue weighted by atomic mass is 10.3. The standard InChI is InChI=1S/C10H18O5.2C6H6O3/c1(3-12-5-9-7-14-9)11-2-4-13-6-10-8-15-10;2*7-4-2-1-3-5(8)6(4)9/h9-10H,1-8H2;2*1-3,7-9H. The van der Waals surface area contributed by atoms with Gasteiger partial charge in [-0.1, -0.05) is 12.1 Å². The lowest BCUT2D eigenvalue weighted by molar-refractivity contribution is 0.00937. The first-order chi connectivity index (χ1) is 15.9. The molecule has 0 spiro atoms. The van der Waals surface area contributed by atoms with Crippen LogP contribution in [0.3, 0.4) is 0 Å². The summed E-state index contributed by atoms with van der Waals surface area (Å²) in [5, 5.41) is 52.2. The summed E-state index contributed by atoms with van der Waals surface area (Å²) >= 11 is 0. The van der Waals surface area contributed by atoms with Gasteiger partial charge in [-0.2, -0.15) is 0 Å². The van der Waals surface area contributed by atoms with E-state index in [0.717, 1.165) is 13.2 Å². The maximum Gasteiger partial charge on any atom is 0.200 e. The quantitative estimate of drug-likeness (QED) is 0.168. The van der Waals surface area contributed by atoms with E-state index in [9.17, 15) is 0 Å². The van der Waals surface area contributed by atoms with E-state index in [-0.39, 0.29) is 23.0 Å². The van der Waals surface area contributed by atoms with Crippen molar-refractivity contribution in [1.29, 1.82) is 0 Å². The second kappa shape index (κ2) is 14.2. The molecule has 0 saturated carbocycles. The number of hydrogen-bond donors (Lipinski definition) is 6. The van der Waals surface area contributed by atoms with Crippen LogP contribution in [0.4, 0.5) is 0 Å². The average molecular weight is 470 g/mol. The van der Waals surface area contributed by atoms with Crippen molar-refractivity contribution in [3.8, 4) is 34.5 Å². The first kappa shape index (κ1) is 26.3. The van der Waals surface area contributed by atoms with Crippen LogP contribution < -0.4 is 0 Å². The van der Waals surface area contributed by atoms with Gasteiger partial charge in [-0.3, -0.25) is 0 Å². The van der Waals surface area contributed by atoms with Crippen molar-refractivity contribution in [2.45, 2.75) is 12.2 Å². The molecule has 2 saturated heterocycles. The van der Waals surface area contributed by atoms with Crippen molar-refractivity contribution in [3.63, 3.8) is 0 Å². The molecule has 2 aromatic rings. The molecule has 0 bridgehead atoms. The fourth-order valence-corrected chi connectivity index (χ4v) is 2.13. The Morgan fingerprint density at radius 1 is 0.576 bits per heavy atom. The number of benzene rings is 2. The summed E-state index contributed by atoms with van der Waals surface area (Å²) in [4.78, 5) is 0. The van der Waals surface area contributed by atoms with E-state index in [4.69, 9.17) is 54.3 Å². The zero-order valence-corrected chi connectivity index (χ0v) is 18.0. The maximum atomic E-state index is 8.71. The van der Waals surface area contributed by atoms with Crippen molar-refractivity contribution in [1.82, 2.24) is 0 Å². The Morgan fingerprint density at radius 3 is 1.15 bits per heavy atom. The van der Waals surface area contributed by atoms with Crippen LogP contribution in [0.1, 0.15) is 0 Å². The first-order valence-electron chi connectivity index (χ1n) is 10.2. The van der Waals surface area contributed by atoms with E-state index in [0.29, 0.717) is 51.8 Å². The molecule has 4 rings (SSSR count). The van der Waals surface area contributed by atoms with Gasteiger partial charge in [0.25, 0.3) is 0 Å². The van der Waals surface area contributed by atoms with Gasteiger partial charge in [-0.05, 0) is 24.3 Å². The second-order valence-electron chi connectivity index (χ2n) is 6.96. The molecular formula is C22H30O11. The van der Waals surface area contributed by atoms with E-state index < -0.39 is 11.5 Å². The third-order valence-corrected chi connectivity index (χ3v) is 4.14. The predicted octanol–water partition coefficient (Wildman–Crippen LogP) is 1.44.